The zero-order valence-corrected chi connectivity index (χ0v) is 7.95. The van der Waals surface area contributed by atoms with E-state index >= 15 is 0 Å². The van der Waals surface area contributed by atoms with E-state index in [9.17, 15) is 4.79 Å². The van der Waals surface area contributed by atoms with Crippen LogP contribution < -0.4 is 0 Å². The molecule has 1 heterocycles. The number of carbonyl (C=O) groups is 1. The lowest BCUT2D eigenvalue weighted by Crippen LogP contribution is -2.19. The fraction of sp³-hybridized carbons (Fsp3) is 0.500. The van der Waals surface area contributed by atoms with E-state index in [1.54, 1.807) is 7.11 Å². The van der Waals surface area contributed by atoms with Crippen LogP contribution in [-0.2, 0) is 14.3 Å². The number of carboxylic acid groups (broad SMARTS) is 1. The molecule has 4 nitrogen and oxygen atoms in total. The molecule has 1 atom stereocenters. The van der Waals surface area contributed by atoms with Gasteiger partial charge in [0, 0.05) is 6.42 Å². The summed E-state index contributed by atoms with van der Waals surface area (Å²) in [6, 6.07) is 0. The third-order valence-corrected chi connectivity index (χ3v) is 2.51. The summed E-state index contributed by atoms with van der Waals surface area (Å²) >= 11 is 0. The molecule has 1 aliphatic heterocycles. The lowest BCUT2D eigenvalue weighted by molar-refractivity contribution is -0.146. The summed E-state index contributed by atoms with van der Waals surface area (Å²) in [5, 5.41) is 8.81. The predicted molar refractivity (Wildman–Crippen MR) is 48.5 cm³/mol. The third kappa shape index (κ3) is 1.36. The standard InChI is InChI=1S/C10H12O4/c1-13-7-4-2-3-6-5-8(10(11)12)14-9(6)7/h4,8H,2-3,5H2,1H3,(H,11,12). The summed E-state index contributed by atoms with van der Waals surface area (Å²) in [5.74, 6) is 0.413. The first kappa shape index (κ1) is 9.12. The average Bonchev–Trinajstić information content (AvgIpc) is 2.60. The molecule has 76 valence electrons. The molecule has 0 amide bonds. The van der Waals surface area contributed by atoms with Crippen LogP contribution in [0, 0.1) is 0 Å². The molecular weight excluding hydrogens is 184 g/mol. The molecule has 0 aromatic rings. The highest BCUT2D eigenvalue weighted by Gasteiger charge is 2.34. The molecule has 14 heavy (non-hydrogen) atoms. The lowest BCUT2D eigenvalue weighted by Gasteiger charge is -2.14. The Balaban J connectivity index is 2.18. The van der Waals surface area contributed by atoms with E-state index < -0.39 is 12.1 Å². The van der Waals surface area contributed by atoms with Crippen LogP contribution in [-0.4, -0.2) is 24.3 Å². The zero-order valence-electron chi connectivity index (χ0n) is 7.95. The van der Waals surface area contributed by atoms with Crippen LogP contribution >= 0.6 is 0 Å². The highest BCUT2D eigenvalue weighted by molar-refractivity contribution is 5.74. The summed E-state index contributed by atoms with van der Waals surface area (Å²) in [6.45, 7) is 0. The van der Waals surface area contributed by atoms with Gasteiger partial charge in [-0.2, -0.15) is 0 Å². The zero-order chi connectivity index (χ0) is 10.1. The van der Waals surface area contributed by atoms with Gasteiger partial charge < -0.3 is 14.6 Å². The fourth-order valence-electron chi connectivity index (χ4n) is 1.82. The van der Waals surface area contributed by atoms with Gasteiger partial charge in [-0.15, -0.1) is 0 Å². The van der Waals surface area contributed by atoms with Gasteiger partial charge in [0.15, 0.2) is 17.6 Å². The van der Waals surface area contributed by atoms with Crippen molar-refractivity contribution in [2.24, 2.45) is 0 Å². The highest BCUT2D eigenvalue weighted by Crippen LogP contribution is 2.36. The van der Waals surface area contributed by atoms with Gasteiger partial charge in [0.2, 0.25) is 0 Å². The summed E-state index contributed by atoms with van der Waals surface area (Å²) in [6.07, 6.45) is 3.48. The monoisotopic (exact) mass is 196 g/mol. The number of aliphatic carboxylic acids is 1. The minimum absolute atomic E-state index is 0.491. The van der Waals surface area contributed by atoms with Crippen LogP contribution in [0.3, 0.4) is 0 Å². The van der Waals surface area contributed by atoms with Gasteiger partial charge >= 0.3 is 5.97 Å². The number of ether oxygens (including phenoxy) is 2. The minimum Gasteiger partial charge on any atom is -0.493 e. The van der Waals surface area contributed by atoms with Gasteiger partial charge in [0.25, 0.3) is 0 Å². The fourth-order valence-corrected chi connectivity index (χ4v) is 1.82. The molecule has 0 saturated carbocycles. The van der Waals surface area contributed by atoms with Crippen LogP contribution in [0.5, 0.6) is 0 Å². The molecule has 0 spiro atoms. The van der Waals surface area contributed by atoms with Crippen LogP contribution in [0.1, 0.15) is 19.3 Å². The van der Waals surface area contributed by atoms with Crippen molar-refractivity contribution >= 4 is 5.97 Å². The van der Waals surface area contributed by atoms with Gasteiger partial charge in [0.1, 0.15) is 0 Å². The molecular formula is C10H12O4. The van der Waals surface area contributed by atoms with Crippen LogP contribution in [0.25, 0.3) is 0 Å². The number of allylic oxidation sites excluding steroid dienone is 1. The highest BCUT2D eigenvalue weighted by atomic mass is 16.5. The molecule has 2 rings (SSSR count). The molecule has 0 aromatic carbocycles. The van der Waals surface area contributed by atoms with Crippen LogP contribution in [0.15, 0.2) is 23.2 Å². The van der Waals surface area contributed by atoms with Crippen molar-refractivity contribution in [3.63, 3.8) is 0 Å². The van der Waals surface area contributed by atoms with E-state index in [0.717, 1.165) is 18.4 Å². The maximum absolute atomic E-state index is 10.7. The number of hydrogen-bond donors (Lipinski definition) is 1. The predicted octanol–water partition coefficient (Wildman–Crippen LogP) is 1.44. The maximum Gasteiger partial charge on any atom is 0.345 e. The SMILES string of the molecule is COC1=CCCC2=C1OC(C(=O)O)C2. The third-order valence-electron chi connectivity index (χ3n) is 2.51. The number of rotatable bonds is 2. The Bertz CT molecular complexity index is 327. The molecule has 0 radical (unpaired) electrons. The van der Waals surface area contributed by atoms with Crippen LogP contribution in [0.4, 0.5) is 0 Å². The van der Waals surface area contributed by atoms with Crippen molar-refractivity contribution in [2.75, 3.05) is 7.11 Å². The van der Waals surface area contributed by atoms with Crippen molar-refractivity contribution in [2.45, 2.75) is 25.4 Å². The first-order chi connectivity index (χ1) is 6.72. The van der Waals surface area contributed by atoms with Gasteiger partial charge in [0.05, 0.1) is 7.11 Å². The molecule has 0 fully saturated rings. The van der Waals surface area contributed by atoms with Crippen molar-refractivity contribution < 1.29 is 19.4 Å². The number of hydrogen-bond acceptors (Lipinski definition) is 3. The summed E-state index contributed by atoms with van der Waals surface area (Å²) in [7, 11) is 1.57. The number of methoxy groups -OCH3 is 1. The molecule has 1 aliphatic carbocycles. The molecule has 0 aromatic heterocycles. The summed E-state index contributed by atoms with van der Waals surface area (Å²) in [4.78, 5) is 10.7. The Morgan fingerprint density at radius 2 is 2.50 bits per heavy atom. The second-order valence-electron chi connectivity index (χ2n) is 3.39. The Morgan fingerprint density at radius 3 is 3.14 bits per heavy atom. The van der Waals surface area contributed by atoms with Gasteiger partial charge in [-0.05, 0) is 24.5 Å². The summed E-state index contributed by atoms with van der Waals surface area (Å²) < 4.78 is 10.4. The molecule has 1 N–H and O–H groups in total. The normalized spacial score (nSPS) is 25.2. The van der Waals surface area contributed by atoms with E-state index in [1.165, 1.54) is 0 Å². The second-order valence-corrected chi connectivity index (χ2v) is 3.39. The van der Waals surface area contributed by atoms with Crippen molar-refractivity contribution in [1.82, 2.24) is 0 Å². The Labute approximate surface area is 81.8 Å². The van der Waals surface area contributed by atoms with Crippen molar-refractivity contribution in [1.29, 1.82) is 0 Å². The lowest BCUT2D eigenvalue weighted by atomic mass is 10.00. The van der Waals surface area contributed by atoms with Gasteiger partial charge in [-0.1, -0.05) is 0 Å². The largest absolute Gasteiger partial charge is 0.493 e. The Kier molecular flexibility index (Phi) is 2.19. The van der Waals surface area contributed by atoms with E-state index in [1.807, 2.05) is 6.08 Å². The topological polar surface area (TPSA) is 55.8 Å². The van der Waals surface area contributed by atoms with Gasteiger partial charge in [-0.25, -0.2) is 4.79 Å². The molecule has 4 heteroatoms. The van der Waals surface area contributed by atoms with E-state index in [-0.39, 0.29) is 0 Å². The molecule has 0 bridgehead atoms. The van der Waals surface area contributed by atoms with Crippen molar-refractivity contribution in [3.05, 3.63) is 23.2 Å². The first-order valence-electron chi connectivity index (χ1n) is 4.58. The second kappa shape index (κ2) is 3.36. The van der Waals surface area contributed by atoms with E-state index in [0.29, 0.717) is 17.9 Å². The molecule has 1 unspecified atom stereocenters. The van der Waals surface area contributed by atoms with Crippen LogP contribution in [0.2, 0.25) is 0 Å². The van der Waals surface area contributed by atoms with Crippen molar-refractivity contribution in [3.8, 4) is 0 Å². The van der Waals surface area contributed by atoms with E-state index in [4.69, 9.17) is 14.6 Å². The number of carboxylic acids is 1. The average molecular weight is 196 g/mol. The minimum atomic E-state index is -0.908. The first-order valence-corrected chi connectivity index (χ1v) is 4.58. The quantitative estimate of drug-likeness (QED) is 0.726. The molecule has 2 aliphatic rings. The summed E-state index contributed by atoms with van der Waals surface area (Å²) in [5.41, 5.74) is 1.07. The van der Waals surface area contributed by atoms with Gasteiger partial charge in [-0.3, -0.25) is 0 Å². The smallest absolute Gasteiger partial charge is 0.345 e. The molecule has 0 saturated heterocycles. The Hall–Kier alpha value is -1.45. The maximum atomic E-state index is 10.7. The van der Waals surface area contributed by atoms with E-state index in [2.05, 4.69) is 0 Å². The Morgan fingerprint density at radius 1 is 1.71 bits per heavy atom.